The average molecular weight is 303 g/mol. The molecule has 22 heavy (non-hydrogen) atoms. The molecule has 1 aromatic carbocycles. The van der Waals surface area contributed by atoms with Crippen LogP contribution in [0.25, 0.3) is 0 Å². The van der Waals surface area contributed by atoms with Gasteiger partial charge in [0.15, 0.2) is 0 Å². The molecule has 0 aromatic heterocycles. The summed E-state index contributed by atoms with van der Waals surface area (Å²) in [6, 6.07) is 4.32. The van der Waals surface area contributed by atoms with E-state index in [1.807, 2.05) is 6.92 Å². The van der Waals surface area contributed by atoms with Crippen LogP contribution in [0.5, 0.6) is 5.75 Å². The van der Waals surface area contributed by atoms with Gasteiger partial charge in [-0.05, 0) is 60.8 Å². The number of anilines is 1. The Morgan fingerprint density at radius 2 is 2.09 bits per heavy atom. The van der Waals surface area contributed by atoms with E-state index in [1.54, 1.807) is 0 Å². The molecular weight excluding hydrogens is 274 g/mol. The van der Waals surface area contributed by atoms with Gasteiger partial charge in [0.05, 0.1) is 6.61 Å². The van der Waals surface area contributed by atoms with Crippen molar-refractivity contribution in [3.8, 4) is 5.75 Å². The smallest absolute Gasteiger partial charge is 0.227 e. The van der Waals surface area contributed by atoms with Crippen LogP contribution in [-0.2, 0) is 17.6 Å². The Hall–Kier alpha value is -1.51. The molecule has 1 aromatic rings. The van der Waals surface area contributed by atoms with Gasteiger partial charge >= 0.3 is 0 Å². The van der Waals surface area contributed by atoms with Gasteiger partial charge in [-0.25, -0.2) is 0 Å². The first kappa shape index (κ1) is 15.4. The fourth-order valence-electron chi connectivity index (χ4n) is 3.48. The fraction of sp³-hybridized carbons (Fsp3) is 0.632. The molecule has 3 rings (SSSR count). The summed E-state index contributed by atoms with van der Waals surface area (Å²) in [6.45, 7) is 7.39. The Morgan fingerprint density at radius 3 is 2.86 bits per heavy atom. The molecule has 2 aliphatic rings. The number of hydrogen-bond donors (Lipinski definition) is 1. The summed E-state index contributed by atoms with van der Waals surface area (Å²) in [6.07, 6.45) is 5.27. The predicted octanol–water partition coefficient (Wildman–Crippen LogP) is 4.44. The highest BCUT2D eigenvalue weighted by atomic mass is 16.5. The van der Waals surface area contributed by atoms with E-state index in [4.69, 9.17) is 4.74 Å². The molecule has 0 fully saturated rings. The Morgan fingerprint density at radius 1 is 1.32 bits per heavy atom. The Bertz CT molecular complexity index is 573. The highest BCUT2D eigenvalue weighted by Crippen LogP contribution is 2.36. The van der Waals surface area contributed by atoms with Gasteiger partial charge in [0.2, 0.25) is 5.91 Å². The van der Waals surface area contributed by atoms with E-state index in [0.717, 1.165) is 37.3 Å². The zero-order chi connectivity index (χ0) is 15.7. The van der Waals surface area contributed by atoms with Crippen LogP contribution in [0.2, 0.25) is 0 Å². The van der Waals surface area contributed by atoms with Gasteiger partial charge in [0, 0.05) is 13.0 Å². The second-order valence-corrected chi connectivity index (χ2v) is 7.04. The van der Waals surface area contributed by atoms with Crippen molar-refractivity contribution in [1.29, 1.82) is 0 Å². The number of nitrogens with one attached hydrogen (secondary N) is 1. The first-order valence-corrected chi connectivity index (χ1v) is 8.68. The monoisotopic (exact) mass is 303 g/mol. The van der Waals surface area contributed by atoms with Crippen LogP contribution in [0, 0.1) is 17.8 Å². The number of fused-ring (bicyclic) bond motifs is 2. The normalized spacial score (nSPS) is 25.9. The molecule has 0 radical (unpaired) electrons. The quantitative estimate of drug-likeness (QED) is 0.877. The molecule has 0 bridgehead atoms. The summed E-state index contributed by atoms with van der Waals surface area (Å²) in [5, 5.41) is 3.09. The van der Waals surface area contributed by atoms with E-state index in [0.29, 0.717) is 11.8 Å². The number of aryl methyl sites for hydroxylation is 2. The van der Waals surface area contributed by atoms with Crippen molar-refractivity contribution in [3.05, 3.63) is 23.3 Å². The molecule has 3 heteroatoms. The minimum absolute atomic E-state index is 0. The summed E-state index contributed by atoms with van der Waals surface area (Å²) < 4.78 is 6.13. The van der Waals surface area contributed by atoms with E-state index < -0.39 is 0 Å². The molecule has 0 saturated carbocycles. The largest absolute Gasteiger partial charge is 0.493 e. The number of ether oxygens (including phenoxy) is 1. The van der Waals surface area contributed by atoms with E-state index in [2.05, 4.69) is 31.3 Å². The molecule has 3 unspecified atom stereocenters. The SMILES string of the molecule is CCC(C)C1CCc2cc3c(cc2OC1)CCC(C)C(=O)N3.[HH]. The van der Waals surface area contributed by atoms with Gasteiger partial charge in [-0.3, -0.25) is 4.79 Å². The maximum absolute atomic E-state index is 12.1. The minimum atomic E-state index is 0. The number of benzene rings is 1. The minimum Gasteiger partial charge on any atom is -0.493 e. The van der Waals surface area contributed by atoms with Crippen LogP contribution in [0.15, 0.2) is 12.1 Å². The molecular formula is C19H29NO2. The maximum atomic E-state index is 12.1. The number of carbonyl (C=O) groups excluding carboxylic acids is 1. The second kappa shape index (κ2) is 6.31. The highest BCUT2D eigenvalue weighted by molar-refractivity contribution is 5.94. The summed E-state index contributed by atoms with van der Waals surface area (Å²) in [7, 11) is 0. The highest BCUT2D eigenvalue weighted by Gasteiger charge is 2.25. The van der Waals surface area contributed by atoms with E-state index >= 15 is 0 Å². The third kappa shape index (κ3) is 2.99. The van der Waals surface area contributed by atoms with Crippen molar-refractivity contribution in [3.63, 3.8) is 0 Å². The maximum Gasteiger partial charge on any atom is 0.227 e. The molecule has 1 N–H and O–H groups in total. The Kier molecular flexibility index (Phi) is 4.42. The number of rotatable bonds is 2. The lowest BCUT2D eigenvalue weighted by atomic mass is 9.88. The lowest BCUT2D eigenvalue weighted by Gasteiger charge is -2.20. The molecule has 1 amide bonds. The van der Waals surface area contributed by atoms with Gasteiger partial charge < -0.3 is 10.1 Å². The third-order valence-corrected chi connectivity index (χ3v) is 5.52. The molecule has 0 spiro atoms. The Labute approximate surface area is 134 Å². The average Bonchev–Trinajstić information content (AvgIpc) is 2.80. The number of hydrogen-bond acceptors (Lipinski definition) is 2. The van der Waals surface area contributed by atoms with Crippen LogP contribution in [0.3, 0.4) is 0 Å². The van der Waals surface area contributed by atoms with E-state index in [-0.39, 0.29) is 13.3 Å². The van der Waals surface area contributed by atoms with Gasteiger partial charge in [-0.2, -0.15) is 0 Å². The molecule has 122 valence electrons. The van der Waals surface area contributed by atoms with Crippen molar-refractivity contribution >= 4 is 11.6 Å². The first-order valence-electron chi connectivity index (χ1n) is 8.68. The van der Waals surface area contributed by atoms with Crippen molar-refractivity contribution in [2.45, 2.75) is 52.9 Å². The lowest BCUT2D eigenvalue weighted by molar-refractivity contribution is -0.119. The van der Waals surface area contributed by atoms with Crippen molar-refractivity contribution < 1.29 is 11.0 Å². The van der Waals surface area contributed by atoms with Crippen LogP contribution in [0.1, 0.15) is 52.6 Å². The summed E-state index contributed by atoms with van der Waals surface area (Å²) >= 11 is 0. The van der Waals surface area contributed by atoms with Crippen LogP contribution in [0.4, 0.5) is 5.69 Å². The summed E-state index contributed by atoms with van der Waals surface area (Å²) in [5.41, 5.74) is 3.47. The topological polar surface area (TPSA) is 38.3 Å². The standard InChI is InChI=1S/C19H27NO2.H2/c1-4-12(2)16-8-7-15-9-17-14(10-18(15)22-11-16)6-5-13(3)19(21)20-17;/h9-10,12-13,16H,4-8,11H2,1-3H3,(H,20,21);1H. The third-order valence-electron chi connectivity index (χ3n) is 5.52. The molecule has 2 aliphatic heterocycles. The number of amides is 1. The molecule has 0 aliphatic carbocycles. The molecule has 3 nitrogen and oxygen atoms in total. The second-order valence-electron chi connectivity index (χ2n) is 7.04. The predicted molar refractivity (Wildman–Crippen MR) is 91.4 cm³/mol. The fourth-order valence-corrected chi connectivity index (χ4v) is 3.48. The number of carbonyl (C=O) groups is 1. The van der Waals surface area contributed by atoms with E-state index in [1.165, 1.54) is 24.0 Å². The van der Waals surface area contributed by atoms with Crippen molar-refractivity contribution in [2.75, 3.05) is 11.9 Å². The van der Waals surface area contributed by atoms with E-state index in [9.17, 15) is 4.79 Å². The lowest BCUT2D eigenvalue weighted by Crippen LogP contribution is -2.18. The first-order chi connectivity index (χ1) is 10.6. The Balaban J connectivity index is 0.00000192. The molecule has 0 saturated heterocycles. The van der Waals surface area contributed by atoms with Gasteiger partial charge in [-0.1, -0.05) is 27.2 Å². The van der Waals surface area contributed by atoms with Crippen LogP contribution < -0.4 is 10.1 Å². The van der Waals surface area contributed by atoms with Gasteiger partial charge in [0.1, 0.15) is 5.75 Å². The van der Waals surface area contributed by atoms with Crippen LogP contribution >= 0.6 is 0 Å². The van der Waals surface area contributed by atoms with Crippen molar-refractivity contribution in [1.82, 2.24) is 0 Å². The van der Waals surface area contributed by atoms with Gasteiger partial charge in [-0.15, -0.1) is 0 Å². The zero-order valence-corrected chi connectivity index (χ0v) is 13.9. The summed E-state index contributed by atoms with van der Waals surface area (Å²) in [5.74, 6) is 2.60. The summed E-state index contributed by atoms with van der Waals surface area (Å²) in [4.78, 5) is 12.1. The van der Waals surface area contributed by atoms with Crippen molar-refractivity contribution in [2.24, 2.45) is 17.8 Å². The van der Waals surface area contributed by atoms with Gasteiger partial charge in [0.25, 0.3) is 0 Å². The zero-order valence-electron chi connectivity index (χ0n) is 13.9. The molecule has 3 atom stereocenters. The van der Waals surface area contributed by atoms with Crippen LogP contribution in [-0.4, -0.2) is 12.5 Å². The molecule has 2 heterocycles.